The second-order valence-corrected chi connectivity index (χ2v) is 12.5. The standard InChI is InChI=1S/C32H46NO7PS/c1-3-4-5-6-7-8-9-10-11-12-20-37-29-16-14-17-30(23-29)38-25-32(36-2)26-39-41(34,35)40-31-18-13-15-28(22-31)24-33-19-21-42-27-33/h13-19,21-23,27,32H,3-12,20,24-26H2,1-2H3/p+1. The van der Waals surface area contributed by atoms with E-state index in [0.717, 1.165) is 17.7 Å². The molecule has 1 aromatic heterocycles. The number of phosphoric ester groups is 1. The maximum Gasteiger partial charge on any atom is 0.527 e. The van der Waals surface area contributed by atoms with Crippen molar-refractivity contribution < 1.29 is 37.3 Å². The predicted molar refractivity (Wildman–Crippen MR) is 167 cm³/mol. The van der Waals surface area contributed by atoms with Gasteiger partial charge in [-0.15, -0.1) is 0 Å². The lowest BCUT2D eigenvalue weighted by Crippen LogP contribution is -2.30. The summed E-state index contributed by atoms with van der Waals surface area (Å²) in [5.74, 6) is 1.64. The molecule has 2 aromatic carbocycles. The van der Waals surface area contributed by atoms with E-state index in [9.17, 15) is 9.46 Å². The number of rotatable bonds is 23. The molecule has 3 aromatic rings. The Morgan fingerprint density at radius 3 is 2.21 bits per heavy atom. The van der Waals surface area contributed by atoms with Gasteiger partial charge in [-0.3, -0.25) is 9.42 Å². The van der Waals surface area contributed by atoms with Gasteiger partial charge in [0.2, 0.25) is 5.51 Å². The van der Waals surface area contributed by atoms with Gasteiger partial charge >= 0.3 is 7.82 Å². The zero-order chi connectivity index (χ0) is 29.9. The zero-order valence-electron chi connectivity index (χ0n) is 25.0. The smallest absolute Gasteiger partial charge is 0.493 e. The summed E-state index contributed by atoms with van der Waals surface area (Å²) >= 11 is 1.59. The van der Waals surface area contributed by atoms with E-state index in [0.29, 0.717) is 18.9 Å². The Hall–Kier alpha value is -2.42. The number of methoxy groups -OCH3 is 1. The molecule has 1 N–H and O–H groups in total. The molecule has 2 atom stereocenters. The lowest BCUT2D eigenvalue weighted by molar-refractivity contribution is -0.683. The summed E-state index contributed by atoms with van der Waals surface area (Å²) in [6.45, 7) is 3.51. The summed E-state index contributed by atoms with van der Waals surface area (Å²) in [7, 11) is -2.87. The predicted octanol–water partition coefficient (Wildman–Crippen LogP) is 7.97. The molecule has 0 radical (unpaired) electrons. The molecule has 232 valence electrons. The van der Waals surface area contributed by atoms with Crippen molar-refractivity contribution in [3.8, 4) is 17.2 Å². The molecule has 2 unspecified atom stereocenters. The zero-order valence-corrected chi connectivity index (χ0v) is 26.7. The van der Waals surface area contributed by atoms with Crippen LogP contribution in [0.4, 0.5) is 0 Å². The average molecular weight is 621 g/mol. The van der Waals surface area contributed by atoms with Crippen molar-refractivity contribution >= 4 is 19.2 Å². The van der Waals surface area contributed by atoms with Crippen LogP contribution < -0.4 is 18.6 Å². The van der Waals surface area contributed by atoms with Crippen LogP contribution in [0.25, 0.3) is 0 Å². The van der Waals surface area contributed by atoms with Gasteiger partial charge in [0.15, 0.2) is 12.7 Å². The molecule has 3 rings (SSSR count). The minimum Gasteiger partial charge on any atom is -0.493 e. The minimum atomic E-state index is -4.37. The maximum absolute atomic E-state index is 12.6. The lowest BCUT2D eigenvalue weighted by atomic mass is 10.1. The highest BCUT2D eigenvalue weighted by atomic mass is 32.1. The number of hydrogen-bond donors (Lipinski definition) is 1. The van der Waals surface area contributed by atoms with Crippen molar-refractivity contribution in [1.29, 1.82) is 0 Å². The van der Waals surface area contributed by atoms with Crippen molar-refractivity contribution in [3.63, 3.8) is 0 Å². The van der Waals surface area contributed by atoms with Gasteiger partial charge < -0.3 is 18.7 Å². The molecule has 0 bridgehead atoms. The Morgan fingerprint density at radius 1 is 0.857 bits per heavy atom. The lowest BCUT2D eigenvalue weighted by Gasteiger charge is -2.19. The van der Waals surface area contributed by atoms with Crippen LogP contribution in [-0.2, 0) is 20.4 Å². The number of ether oxygens (including phenoxy) is 3. The van der Waals surface area contributed by atoms with Crippen LogP contribution in [0.1, 0.15) is 76.7 Å². The Kier molecular flexibility index (Phi) is 16.0. The van der Waals surface area contributed by atoms with Gasteiger partial charge in [0, 0.05) is 18.7 Å². The van der Waals surface area contributed by atoms with E-state index in [-0.39, 0.29) is 19.0 Å². The van der Waals surface area contributed by atoms with Crippen LogP contribution in [0.2, 0.25) is 0 Å². The first-order valence-corrected chi connectivity index (χ1v) is 17.5. The van der Waals surface area contributed by atoms with Crippen molar-refractivity contribution in [3.05, 3.63) is 71.2 Å². The van der Waals surface area contributed by atoms with Gasteiger partial charge in [-0.25, -0.2) is 4.57 Å². The van der Waals surface area contributed by atoms with E-state index in [1.165, 1.54) is 64.9 Å². The van der Waals surface area contributed by atoms with Gasteiger partial charge in [-0.2, -0.15) is 4.57 Å². The van der Waals surface area contributed by atoms with E-state index in [1.54, 1.807) is 29.5 Å². The Bertz CT molecular complexity index is 1180. The van der Waals surface area contributed by atoms with E-state index in [1.807, 2.05) is 52.0 Å². The first kappa shape index (κ1) is 34.1. The molecule has 0 aliphatic heterocycles. The SMILES string of the molecule is CCCCCCCCCCCCOc1cccc(OCC(COP(=O)(O)Oc2cccc(C[n+]3ccsc3)c2)OC)c1. The largest absolute Gasteiger partial charge is 0.527 e. The van der Waals surface area contributed by atoms with Crippen LogP contribution in [-0.4, -0.2) is 37.9 Å². The van der Waals surface area contributed by atoms with E-state index in [4.69, 9.17) is 23.3 Å². The molecule has 42 heavy (non-hydrogen) atoms. The molecule has 0 aliphatic rings. The highest BCUT2D eigenvalue weighted by molar-refractivity contribution is 7.47. The third-order valence-electron chi connectivity index (χ3n) is 6.78. The number of unbranched alkanes of at least 4 members (excludes halogenated alkanes) is 9. The summed E-state index contributed by atoms with van der Waals surface area (Å²) in [5, 5.41) is 1.98. The number of thiazole rings is 1. The van der Waals surface area contributed by atoms with Gasteiger partial charge in [0.05, 0.1) is 18.6 Å². The molecular formula is C32H47NO7PS+. The molecule has 8 nitrogen and oxygen atoms in total. The molecular weight excluding hydrogens is 573 g/mol. The number of benzene rings is 2. The average Bonchev–Trinajstić information content (AvgIpc) is 3.49. The Labute approximate surface area is 255 Å². The summed E-state index contributed by atoms with van der Waals surface area (Å²) < 4.78 is 42.3. The first-order chi connectivity index (χ1) is 20.5. The van der Waals surface area contributed by atoms with E-state index in [2.05, 4.69) is 6.92 Å². The van der Waals surface area contributed by atoms with Crippen molar-refractivity contribution in [2.24, 2.45) is 0 Å². The monoisotopic (exact) mass is 620 g/mol. The van der Waals surface area contributed by atoms with Crippen molar-refractivity contribution in [2.75, 3.05) is 26.9 Å². The van der Waals surface area contributed by atoms with Gasteiger partial charge in [0.1, 0.15) is 30.0 Å². The molecule has 0 saturated carbocycles. The topological polar surface area (TPSA) is 87.3 Å². The maximum atomic E-state index is 12.6. The molecule has 0 fully saturated rings. The van der Waals surface area contributed by atoms with Crippen molar-refractivity contribution in [1.82, 2.24) is 0 Å². The quantitative estimate of drug-likeness (QED) is 0.0654. The van der Waals surface area contributed by atoms with Gasteiger partial charge in [0.25, 0.3) is 0 Å². The van der Waals surface area contributed by atoms with Crippen LogP contribution in [0.5, 0.6) is 17.2 Å². The molecule has 1 heterocycles. The fraction of sp³-hybridized carbons (Fsp3) is 0.531. The summed E-state index contributed by atoms with van der Waals surface area (Å²) in [6.07, 6.45) is 14.3. The molecule has 0 aliphatic carbocycles. The Morgan fingerprint density at radius 2 is 1.52 bits per heavy atom. The summed E-state index contributed by atoms with van der Waals surface area (Å²) in [4.78, 5) is 10.3. The second kappa shape index (κ2) is 19.7. The molecule has 10 heteroatoms. The fourth-order valence-electron chi connectivity index (χ4n) is 4.41. The molecule has 0 spiro atoms. The van der Waals surface area contributed by atoms with Crippen LogP contribution in [0.15, 0.2) is 65.6 Å². The van der Waals surface area contributed by atoms with Gasteiger partial charge in [-0.1, -0.05) is 94.2 Å². The fourth-order valence-corrected chi connectivity index (χ4v) is 5.79. The Balaban J connectivity index is 1.33. The van der Waals surface area contributed by atoms with E-state index >= 15 is 0 Å². The molecule has 0 saturated heterocycles. The van der Waals surface area contributed by atoms with Gasteiger partial charge in [-0.05, 0) is 30.7 Å². The number of phosphoric acid groups is 1. The third-order valence-corrected chi connectivity index (χ3v) is 8.36. The summed E-state index contributed by atoms with van der Waals surface area (Å²) in [5.41, 5.74) is 2.93. The van der Waals surface area contributed by atoms with Crippen molar-refractivity contribution in [2.45, 2.75) is 83.8 Å². The second-order valence-electron chi connectivity index (χ2n) is 10.4. The van der Waals surface area contributed by atoms with Crippen LogP contribution >= 0.6 is 19.2 Å². The van der Waals surface area contributed by atoms with Crippen LogP contribution in [0, 0.1) is 0 Å². The minimum absolute atomic E-state index is 0.131. The number of hydrogen-bond acceptors (Lipinski definition) is 7. The first-order valence-electron chi connectivity index (χ1n) is 15.0. The highest BCUT2D eigenvalue weighted by Crippen LogP contribution is 2.44. The normalized spacial score (nSPS) is 13.4. The highest BCUT2D eigenvalue weighted by Gasteiger charge is 2.26. The third kappa shape index (κ3) is 14.2. The van der Waals surface area contributed by atoms with E-state index < -0.39 is 13.9 Å². The molecule has 0 amide bonds. The number of aromatic nitrogens is 1. The number of nitrogens with zero attached hydrogens (tertiary/aromatic N) is 1. The van der Waals surface area contributed by atoms with Crippen LogP contribution in [0.3, 0.4) is 0 Å². The summed E-state index contributed by atoms with van der Waals surface area (Å²) in [6, 6.07) is 14.5.